The maximum absolute atomic E-state index is 12.2. The van der Waals surface area contributed by atoms with Gasteiger partial charge in [-0.25, -0.2) is 0 Å². The molecule has 0 N–H and O–H groups in total. The Morgan fingerprint density at radius 1 is 0.905 bits per heavy atom. The zero-order valence-corrected chi connectivity index (χ0v) is 14.2. The summed E-state index contributed by atoms with van der Waals surface area (Å²) in [5.74, 6) is 3.17. The lowest BCUT2D eigenvalue weighted by Crippen LogP contribution is -2.20. The highest BCUT2D eigenvalue weighted by atomic mass is 32.2. The molecule has 0 aromatic heterocycles. The van der Waals surface area contributed by atoms with E-state index in [9.17, 15) is 4.79 Å². The molecule has 0 spiro atoms. The third-order valence-electron chi connectivity index (χ3n) is 3.31. The minimum Gasteiger partial charge on any atom is -0.289 e. The zero-order chi connectivity index (χ0) is 15.1. The molecule has 110 valence electrons. The zero-order valence-electron chi connectivity index (χ0n) is 12.5. The molecule has 0 saturated heterocycles. The average Bonchev–Trinajstić information content (AvgIpc) is 2.54. The normalized spacial score (nSPS) is 10.8. The fourth-order valence-corrected chi connectivity index (χ4v) is 4.20. The van der Waals surface area contributed by atoms with E-state index in [1.165, 1.54) is 9.79 Å². The minimum atomic E-state index is 0.239. The van der Waals surface area contributed by atoms with E-state index < -0.39 is 0 Å². The van der Waals surface area contributed by atoms with E-state index in [1.54, 1.807) is 11.8 Å². The molecule has 0 fully saturated rings. The predicted molar refractivity (Wildman–Crippen MR) is 94.7 cm³/mol. The first-order valence-corrected chi connectivity index (χ1v) is 9.78. The van der Waals surface area contributed by atoms with Crippen LogP contribution in [0.4, 0.5) is 0 Å². The van der Waals surface area contributed by atoms with Crippen LogP contribution in [-0.4, -0.2) is 23.0 Å². The summed E-state index contributed by atoms with van der Waals surface area (Å²) in [5, 5.41) is 0. The molecule has 1 nitrogen and oxygen atoms in total. The molecule has 21 heavy (non-hydrogen) atoms. The van der Waals surface area contributed by atoms with Crippen LogP contribution in [0.3, 0.4) is 0 Å². The Labute approximate surface area is 134 Å². The van der Waals surface area contributed by atoms with Crippen LogP contribution >= 0.6 is 11.8 Å². The maximum Gasteiger partial charge on any atom is 0.211 e. The summed E-state index contributed by atoms with van der Waals surface area (Å²) in [4.78, 5) is 14.6. The Balaban J connectivity index is 2.00. The van der Waals surface area contributed by atoms with Gasteiger partial charge in [0.1, 0.15) is 11.5 Å². The van der Waals surface area contributed by atoms with Crippen LogP contribution in [0.5, 0.6) is 0 Å². The third kappa shape index (κ3) is 4.94. The Hall–Kier alpha value is -1.19. The molecule has 0 atom stereocenters. The first-order valence-electron chi connectivity index (χ1n) is 7.23. The highest BCUT2D eigenvalue weighted by molar-refractivity contribution is 7.99. The second kappa shape index (κ2) is 8.30. The van der Waals surface area contributed by atoms with Gasteiger partial charge >= 0.3 is 0 Å². The number of hydrogen-bond acceptors (Lipinski definition) is 2. The van der Waals surface area contributed by atoms with Crippen LogP contribution in [0.15, 0.2) is 64.4 Å². The van der Waals surface area contributed by atoms with E-state index in [0.29, 0.717) is 5.75 Å². The molecule has 0 heterocycles. The summed E-state index contributed by atoms with van der Waals surface area (Å²) < 4.78 is 0. The summed E-state index contributed by atoms with van der Waals surface area (Å²) in [6, 6.07) is 18.3. The number of carbonyl (C=O) groups excluding carboxylic acids is 1. The molecule has 2 rings (SSSR count). The van der Waals surface area contributed by atoms with Gasteiger partial charge in [-0.2, -0.15) is 0 Å². The van der Waals surface area contributed by atoms with Crippen molar-refractivity contribution in [3.8, 4) is 0 Å². The lowest BCUT2D eigenvalue weighted by atomic mass is 10.1. The van der Waals surface area contributed by atoms with Gasteiger partial charge in [-0.3, -0.25) is 4.79 Å². The van der Waals surface area contributed by atoms with Crippen LogP contribution in [0.25, 0.3) is 0 Å². The Morgan fingerprint density at radius 2 is 1.48 bits per heavy atom. The van der Waals surface area contributed by atoms with Crippen molar-refractivity contribution in [1.29, 1.82) is 0 Å². The standard InChI is InChI=1S/C18H21OS2/c1-3-21(4-2)14-18(19)15-10-12-17(13-11-15)20-16-8-6-5-7-9-16/h5-13H,3-4,14H2,1-2H3/q+1. The van der Waals surface area contributed by atoms with E-state index in [4.69, 9.17) is 0 Å². The summed E-state index contributed by atoms with van der Waals surface area (Å²) in [6.45, 7) is 4.33. The maximum atomic E-state index is 12.2. The Bertz CT molecular complexity index is 560. The topological polar surface area (TPSA) is 17.1 Å². The molecule has 0 amide bonds. The second-order valence-electron chi connectivity index (χ2n) is 4.70. The van der Waals surface area contributed by atoms with Crippen LogP contribution in [-0.2, 0) is 10.9 Å². The lowest BCUT2D eigenvalue weighted by Gasteiger charge is -2.05. The fraction of sp³-hybridized carbons (Fsp3) is 0.278. The van der Waals surface area contributed by atoms with Crippen LogP contribution in [0, 0.1) is 0 Å². The summed E-state index contributed by atoms with van der Waals surface area (Å²) in [5.41, 5.74) is 0.840. The van der Waals surface area contributed by atoms with Gasteiger partial charge in [0, 0.05) is 15.4 Å². The third-order valence-corrected chi connectivity index (χ3v) is 6.63. The first-order chi connectivity index (χ1) is 10.2. The summed E-state index contributed by atoms with van der Waals surface area (Å²) in [7, 11) is 0.239. The monoisotopic (exact) mass is 317 g/mol. The molecule has 0 saturated carbocycles. The van der Waals surface area contributed by atoms with Gasteiger partial charge in [0.05, 0.1) is 0 Å². The highest BCUT2D eigenvalue weighted by Crippen LogP contribution is 2.27. The average molecular weight is 317 g/mol. The van der Waals surface area contributed by atoms with Gasteiger partial charge < -0.3 is 0 Å². The molecular formula is C18H21OS2+. The molecule has 3 heteroatoms. The number of ketones is 1. The molecule has 0 unspecified atom stereocenters. The number of hydrogen-bond donors (Lipinski definition) is 0. The van der Waals surface area contributed by atoms with Crippen LogP contribution in [0.2, 0.25) is 0 Å². The Kier molecular flexibility index (Phi) is 6.40. The van der Waals surface area contributed by atoms with Gasteiger partial charge in [0.25, 0.3) is 0 Å². The van der Waals surface area contributed by atoms with E-state index in [-0.39, 0.29) is 16.7 Å². The van der Waals surface area contributed by atoms with E-state index in [1.807, 2.05) is 42.5 Å². The fourth-order valence-electron chi connectivity index (χ4n) is 2.01. The molecule has 0 aliphatic heterocycles. The van der Waals surface area contributed by atoms with Crippen molar-refractivity contribution < 1.29 is 4.79 Å². The first kappa shape index (κ1) is 16.2. The number of benzene rings is 2. The van der Waals surface area contributed by atoms with Crippen LogP contribution < -0.4 is 0 Å². The number of Topliss-reactive ketones (excluding diaryl/α,β-unsaturated/α-hetero) is 1. The minimum absolute atomic E-state index is 0.239. The quantitative estimate of drug-likeness (QED) is 0.545. The molecule has 0 aliphatic carbocycles. The molecular weight excluding hydrogens is 296 g/mol. The SMILES string of the molecule is CC[S+](CC)CC(=O)c1ccc(Sc2ccccc2)cc1. The molecule has 2 aromatic rings. The van der Waals surface area contributed by atoms with E-state index >= 15 is 0 Å². The van der Waals surface area contributed by atoms with Gasteiger partial charge in [0.15, 0.2) is 5.75 Å². The van der Waals surface area contributed by atoms with E-state index in [0.717, 1.165) is 17.1 Å². The van der Waals surface area contributed by atoms with Crippen molar-refractivity contribution in [2.24, 2.45) is 0 Å². The van der Waals surface area contributed by atoms with Gasteiger partial charge in [0.2, 0.25) is 5.78 Å². The largest absolute Gasteiger partial charge is 0.289 e. The number of carbonyl (C=O) groups is 1. The highest BCUT2D eigenvalue weighted by Gasteiger charge is 2.19. The second-order valence-corrected chi connectivity index (χ2v) is 8.51. The molecule has 0 aliphatic rings. The van der Waals surface area contributed by atoms with Gasteiger partial charge in [-0.1, -0.05) is 42.1 Å². The predicted octanol–water partition coefficient (Wildman–Crippen LogP) is 4.68. The smallest absolute Gasteiger partial charge is 0.211 e. The van der Waals surface area contributed by atoms with Crippen molar-refractivity contribution in [1.82, 2.24) is 0 Å². The summed E-state index contributed by atoms with van der Waals surface area (Å²) in [6.07, 6.45) is 0. The van der Waals surface area contributed by atoms with Crippen molar-refractivity contribution in [2.75, 3.05) is 17.3 Å². The lowest BCUT2D eigenvalue weighted by molar-refractivity contribution is 0.102. The van der Waals surface area contributed by atoms with Crippen LogP contribution in [0.1, 0.15) is 24.2 Å². The number of rotatable bonds is 7. The Morgan fingerprint density at radius 3 is 2.05 bits per heavy atom. The van der Waals surface area contributed by atoms with Gasteiger partial charge in [-0.05, 0) is 49.0 Å². The van der Waals surface area contributed by atoms with Gasteiger partial charge in [-0.15, -0.1) is 0 Å². The van der Waals surface area contributed by atoms with Crippen molar-refractivity contribution in [3.63, 3.8) is 0 Å². The van der Waals surface area contributed by atoms with E-state index in [2.05, 4.69) is 26.0 Å². The molecule has 0 bridgehead atoms. The van der Waals surface area contributed by atoms with Crippen molar-refractivity contribution >= 4 is 28.4 Å². The summed E-state index contributed by atoms with van der Waals surface area (Å²) >= 11 is 1.72. The van der Waals surface area contributed by atoms with Crippen molar-refractivity contribution in [2.45, 2.75) is 23.6 Å². The molecule has 2 aromatic carbocycles. The molecule has 0 radical (unpaired) electrons. The van der Waals surface area contributed by atoms with Crippen molar-refractivity contribution in [3.05, 3.63) is 60.2 Å².